The summed E-state index contributed by atoms with van der Waals surface area (Å²) in [6.45, 7) is 2.97. The Balaban J connectivity index is 1.49. The second-order valence-corrected chi connectivity index (χ2v) is 18.3. The molecule has 2 fully saturated rings. The molecule has 1 spiro atoms. The van der Waals surface area contributed by atoms with Gasteiger partial charge < -0.3 is 40.7 Å². The van der Waals surface area contributed by atoms with Crippen LogP contribution in [0.25, 0.3) is 11.0 Å². The molecule has 0 radical (unpaired) electrons. The monoisotopic (exact) mass is 764 g/mol. The van der Waals surface area contributed by atoms with Crippen molar-refractivity contribution in [3.63, 3.8) is 0 Å². The predicted octanol–water partition coefficient (Wildman–Crippen LogP) is 5.34. The Morgan fingerprint density at radius 3 is 2.45 bits per heavy atom. The number of nitrogens with one attached hydrogen (secondary N) is 1. The van der Waals surface area contributed by atoms with E-state index in [2.05, 4.69) is 5.48 Å². The van der Waals surface area contributed by atoms with Crippen LogP contribution in [0, 0.1) is 5.41 Å². The number of aliphatic hydroxyl groups excluding tert-OH is 1. The molecule has 4 unspecified atom stereocenters. The van der Waals surface area contributed by atoms with Crippen molar-refractivity contribution in [2.24, 2.45) is 21.9 Å². The number of rotatable bonds is 7. The van der Waals surface area contributed by atoms with E-state index >= 15 is 4.79 Å². The number of guanidine groups is 1. The van der Waals surface area contributed by atoms with Gasteiger partial charge in [0.1, 0.15) is 45.5 Å². The largest absolute Gasteiger partial charge is 0.489 e. The summed E-state index contributed by atoms with van der Waals surface area (Å²) < 4.78 is 20.6. The van der Waals surface area contributed by atoms with Gasteiger partial charge in [-0.1, -0.05) is 52.6 Å². The maximum Gasteiger partial charge on any atom is 0.201 e. The zero-order valence-electron chi connectivity index (χ0n) is 30.0. The van der Waals surface area contributed by atoms with Gasteiger partial charge in [0, 0.05) is 40.4 Å². The maximum atomic E-state index is 15.7. The first kappa shape index (κ1) is 36.6. The van der Waals surface area contributed by atoms with Gasteiger partial charge in [0.2, 0.25) is 5.43 Å². The summed E-state index contributed by atoms with van der Waals surface area (Å²) in [5.41, 5.74) is 11.6. The minimum Gasteiger partial charge on any atom is -0.489 e. The predicted molar refractivity (Wildman–Crippen MR) is 207 cm³/mol. The van der Waals surface area contributed by atoms with E-state index in [4.69, 9.17) is 30.4 Å². The molecule has 0 saturated heterocycles. The summed E-state index contributed by atoms with van der Waals surface area (Å²) >= 11 is 0. The lowest BCUT2D eigenvalue weighted by molar-refractivity contribution is -0.114. The van der Waals surface area contributed by atoms with Crippen molar-refractivity contribution in [2.45, 2.75) is 112 Å². The van der Waals surface area contributed by atoms with E-state index in [0.29, 0.717) is 53.2 Å². The van der Waals surface area contributed by atoms with E-state index in [9.17, 15) is 20.5 Å². The Kier molecular flexibility index (Phi) is 9.26. The highest BCUT2D eigenvalue weighted by Gasteiger charge is 2.66. The van der Waals surface area contributed by atoms with Crippen LogP contribution in [0.3, 0.4) is 0 Å². The van der Waals surface area contributed by atoms with Crippen LogP contribution in [0.4, 0.5) is 5.69 Å². The summed E-state index contributed by atoms with van der Waals surface area (Å²) in [6.07, 6.45) is 9.33. The first-order chi connectivity index (χ1) is 25.4. The molecular formula is C39H48N4O8S2. The molecular weight excluding hydrogens is 717 g/mol. The molecule has 14 heteroatoms. The molecule has 2 aliphatic heterocycles. The molecule has 3 heterocycles. The van der Waals surface area contributed by atoms with Crippen molar-refractivity contribution in [3.8, 4) is 11.5 Å². The molecule has 53 heavy (non-hydrogen) atoms. The fourth-order valence-corrected chi connectivity index (χ4v) is 12.2. The molecule has 12 nitrogen and oxygen atoms in total. The summed E-state index contributed by atoms with van der Waals surface area (Å²) in [7, 11) is 2.99. The third-order valence-corrected chi connectivity index (χ3v) is 14.7. The molecule has 1 aromatic heterocycles. The van der Waals surface area contributed by atoms with E-state index in [-0.39, 0.29) is 40.2 Å². The summed E-state index contributed by atoms with van der Waals surface area (Å²) in [5, 5.41) is 46.0. The third kappa shape index (κ3) is 5.66. The number of fused-ring (bicyclic) bond motifs is 3. The second-order valence-electron chi connectivity index (χ2n) is 15.9. The lowest BCUT2D eigenvalue weighted by atomic mass is 9.56. The van der Waals surface area contributed by atoms with Gasteiger partial charge >= 0.3 is 0 Å². The quantitative estimate of drug-likeness (QED) is 0.0534. The highest BCUT2D eigenvalue weighted by atomic mass is 33.1. The molecule has 284 valence electrons. The number of hydrogen-bond donors (Lipinski definition) is 7. The molecule has 9 N–H and O–H groups in total. The first-order valence-electron chi connectivity index (χ1n) is 18.5. The van der Waals surface area contributed by atoms with Crippen LogP contribution in [0.15, 0.2) is 50.6 Å². The van der Waals surface area contributed by atoms with E-state index in [1.165, 1.54) is 21.6 Å². The van der Waals surface area contributed by atoms with Crippen molar-refractivity contribution < 1.29 is 34.4 Å². The number of allylic oxidation sites excluding steroid dienone is 1. The standard InChI is InChI=1S/C39H48N4O8S2/c1-36(2,46)27-17-25-31(50-27)26-18-52-53-20-38(19-44,42-35(40)41)37(14-5-6-15-37)39(47)16-13-24(21-9-11-22(43-48)12-10-21)28-30(45)29(33(26)51-34(28)39)32(25)49-23-7-3-4-8-23/h9-13,16,23-24,27,43-44,46-48H,3-8,14-15,17-20H2,1-2H3,(H4,40,41,42). The number of benzene rings is 2. The molecule has 0 amide bonds. The fourth-order valence-electron chi connectivity index (χ4n) is 9.60. The highest BCUT2D eigenvalue weighted by Crippen LogP contribution is 2.64. The van der Waals surface area contributed by atoms with Crippen molar-refractivity contribution in [2.75, 3.05) is 17.8 Å². The van der Waals surface area contributed by atoms with Gasteiger partial charge in [-0.3, -0.25) is 15.5 Å². The zero-order valence-corrected chi connectivity index (χ0v) is 31.7. The van der Waals surface area contributed by atoms with Gasteiger partial charge in [-0.25, -0.2) is 4.99 Å². The Morgan fingerprint density at radius 2 is 1.81 bits per heavy atom. The number of hydrogen-bond acceptors (Lipinski definition) is 12. The average molecular weight is 765 g/mol. The van der Waals surface area contributed by atoms with Crippen molar-refractivity contribution in [1.29, 1.82) is 0 Å². The topological polar surface area (TPSA) is 206 Å². The number of ether oxygens (including phenoxy) is 2. The van der Waals surface area contributed by atoms with Crippen LogP contribution in [0.2, 0.25) is 0 Å². The van der Waals surface area contributed by atoms with Gasteiger partial charge in [0.05, 0.1) is 29.6 Å². The van der Waals surface area contributed by atoms with E-state index < -0.39 is 40.8 Å². The molecule has 4 atom stereocenters. The Labute approximate surface area is 315 Å². The Morgan fingerprint density at radius 1 is 1.09 bits per heavy atom. The molecule has 3 aromatic rings. The van der Waals surface area contributed by atoms with Crippen LogP contribution < -0.4 is 31.8 Å². The van der Waals surface area contributed by atoms with Crippen LogP contribution >= 0.6 is 21.6 Å². The smallest absolute Gasteiger partial charge is 0.201 e. The Bertz CT molecular complexity index is 2030. The van der Waals surface area contributed by atoms with Crippen molar-refractivity contribution in [3.05, 3.63) is 74.7 Å². The first-order valence-corrected chi connectivity index (χ1v) is 21.0. The molecule has 8 rings (SSSR count). The third-order valence-electron chi connectivity index (χ3n) is 12.3. The second kappa shape index (κ2) is 13.4. The normalized spacial score (nSPS) is 27.8. The molecule has 2 aromatic carbocycles. The summed E-state index contributed by atoms with van der Waals surface area (Å²) in [5.74, 6) is 0.782. The SMILES string of the molecule is CC(C)(O)C1Cc2c(c3c4oc5c(c(=O)c4c2OC2CCCC2)C(c2ccc(NO)cc2)C=CC5(O)C2(CCCC2)C(CO)(N=C(N)N)CSSC3)O1. The minimum atomic E-state index is -1.92. The van der Waals surface area contributed by atoms with Gasteiger partial charge in [0.25, 0.3) is 0 Å². The maximum absolute atomic E-state index is 15.7. The van der Waals surface area contributed by atoms with Crippen molar-refractivity contribution >= 4 is 44.2 Å². The highest BCUT2D eigenvalue weighted by molar-refractivity contribution is 8.76. The number of nitrogens with two attached hydrogens (primary N) is 2. The van der Waals surface area contributed by atoms with Crippen LogP contribution in [-0.2, 0) is 17.8 Å². The van der Waals surface area contributed by atoms with Gasteiger partial charge in [-0.15, -0.1) is 0 Å². The van der Waals surface area contributed by atoms with E-state index in [1.54, 1.807) is 32.1 Å². The lowest BCUT2D eigenvalue weighted by Crippen LogP contribution is -2.62. The van der Waals surface area contributed by atoms with Crippen LogP contribution in [0.5, 0.6) is 11.5 Å². The summed E-state index contributed by atoms with van der Waals surface area (Å²) in [4.78, 5) is 20.4. The average Bonchev–Trinajstić information content (AvgIpc) is 3.93. The van der Waals surface area contributed by atoms with Crippen LogP contribution in [-0.4, -0.2) is 62.2 Å². The fraction of sp³-hybridized carbons (Fsp3) is 0.538. The number of aliphatic imine (C=N–C) groups is 1. The zero-order chi connectivity index (χ0) is 37.3. The lowest BCUT2D eigenvalue weighted by Gasteiger charge is -2.54. The molecule has 5 aliphatic rings. The number of nitrogens with zero attached hydrogens (tertiary/aromatic N) is 1. The minimum absolute atomic E-state index is 0.0827. The Hall–Kier alpha value is -3.40. The number of anilines is 1. The van der Waals surface area contributed by atoms with Gasteiger partial charge in [-0.2, -0.15) is 0 Å². The van der Waals surface area contributed by atoms with Gasteiger partial charge in [0.15, 0.2) is 5.96 Å². The van der Waals surface area contributed by atoms with E-state index in [0.717, 1.165) is 49.7 Å². The van der Waals surface area contributed by atoms with Crippen molar-refractivity contribution in [1.82, 2.24) is 0 Å². The molecule has 2 saturated carbocycles. The molecule has 3 aliphatic carbocycles. The number of aliphatic hydroxyl groups is 3. The van der Waals surface area contributed by atoms with Gasteiger partial charge in [-0.05, 0) is 76.1 Å². The van der Waals surface area contributed by atoms with Crippen LogP contribution in [0.1, 0.15) is 99.1 Å². The molecule has 2 bridgehead atoms. The summed E-state index contributed by atoms with van der Waals surface area (Å²) in [6, 6.07) is 7.07. The van der Waals surface area contributed by atoms with E-state index in [1.807, 2.05) is 18.2 Å².